The van der Waals surface area contributed by atoms with Gasteiger partial charge in [-0.15, -0.1) is 0 Å². The molecule has 0 unspecified atom stereocenters. The van der Waals surface area contributed by atoms with E-state index in [0.717, 1.165) is 0 Å². The van der Waals surface area contributed by atoms with Gasteiger partial charge in [-0.1, -0.05) is 42.5 Å². The van der Waals surface area contributed by atoms with Gasteiger partial charge in [0.2, 0.25) is 0 Å². The van der Waals surface area contributed by atoms with E-state index < -0.39 is 4.92 Å². The van der Waals surface area contributed by atoms with E-state index in [1.54, 1.807) is 13.0 Å². The van der Waals surface area contributed by atoms with Gasteiger partial charge in [0, 0.05) is 23.4 Å². The van der Waals surface area contributed by atoms with Crippen LogP contribution in [0, 0.1) is 17.0 Å². The van der Waals surface area contributed by atoms with Crippen LogP contribution in [0.1, 0.15) is 24.1 Å². The van der Waals surface area contributed by atoms with Crippen LogP contribution in [0.3, 0.4) is 0 Å². The minimum Gasteiger partial charge on any atom is -0.332 e. The van der Waals surface area contributed by atoms with Gasteiger partial charge in [0.15, 0.2) is 6.54 Å². The van der Waals surface area contributed by atoms with Crippen LogP contribution >= 0.6 is 0 Å². The number of rotatable bonds is 6. The summed E-state index contributed by atoms with van der Waals surface area (Å²) in [4.78, 5) is 22.7. The van der Waals surface area contributed by atoms with Crippen molar-refractivity contribution in [3.05, 3.63) is 81.9 Å². The Morgan fingerprint density at radius 1 is 1.15 bits per heavy atom. The first kappa shape index (κ1) is 18.5. The molecule has 6 heteroatoms. The van der Waals surface area contributed by atoms with Crippen LogP contribution in [-0.2, 0) is 4.79 Å². The lowest BCUT2D eigenvalue weighted by atomic mass is 10.00. The van der Waals surface area contributed by atoms with Crippen LogP contribution < -0.4 is 10.6 Å². The molecule has 138 valence electrons. The largest absolute Gasteiger partial charge is 0.332 e. The third-order valence-electron chi connectivity index (χ3n) is 4.67. The van der Waals surface area contributed by atoms with Crippen molar-refractivity contribution in [2.24, 2.45) is 0 Å². The van der Waals surface area contributed by atoms with Crippen molar-refractivity contribution in [1.29, 1.82) is 0 Å². The highest BCUT2D eigenvalue weighted by Gasteiger charge is 2.15. The first-order chi connectivity index (χ1) is 13.0. The number of hydrogen-bond acceptors (Lipinski definition) is 3. The molecule has 0 aliphatic carbocycles. The van der Waals surface area contributed by atoms with Gasteiger partial charge in [0.05, 0.1) is 4.92 Å². The van der Waals surface area contributed by atoms with E-state index in [0.29, 0.717) is 11.3 Å². The summed E-state index contributed by atoms with van der Waals surface area (Å²) in [6.45, 7) is 4.08. The zero-order chi connectivity index (χ0) is 19.4. The maximum absolute atomic E-state index is 12.3. The van der Waals surface area contributed by atoms with Crippen LogP contribution in [0.5, 0.6) is 0 Å². The molecule has 6 nitrogen and oxygen atoms in total. The zero-order valence-corrected chi connectivity index (χ0v) is 15.3. The van der Waals surface area contributed by atoms with Gasteiger partial charge in [0.25, 0.3) is 11.6 Å². The molecule has 0 spiro atoms. The van der Waals surface area contributed by atoms with Gasteiger partial charge < -0.3 is 10.6 Å². The second-order valence-corrected chi connectivity index (χ2v) is 6.60. The fraction of sp³-hybridized carbons (Fsp3) is 0.190. The summed E-state index contributed by atoms with van der Waals surface area (Å²) in [5, 5.41) is 18.0. The number of amides is 1. The van der Waals surface area contributed by atoms with Crippen molar-refractivity contribution in [2.45, 2.75) is 19.9 Å². The summed E-state index contributed by atoms with van der Waals surface area (Å²) in [6.07, 6.45) is 0. The van der Waals surface area contributed by atoms with Gasteiger partial charge in [-0.2, -0.15) is 0 Å². The fourth-order valence-corrected chi connectivity index (χ4v) is 3.16. The number of nitrogens with two attached hydrogens (primary N) is 1. The average molecular weight is 364 g/mol. The molecule has 0 aliphatic rings. The minimum atomic E-state index is -0.446. The Kier molecular flexibility index (Phi) is 5.47. The van der Waals surface area contributed by atoms with Crippen LogP contribution in [0.2, 0.25) is 0 Å². The van der Waals surface area contributed by atoms with Crippen molar-refractivity contribution in [1.82, 2.24) is 0 Å². The van der Waals surface area contributed by atoms with Crippen molar-refractivity contribution in [3.63, 3.8) is 0 Å². The third kappa shape index (κ3) is 4.30. The molecule has 3 aromatic rings. The first-order valence-corrected chi connectivity index (χ1v) is 8.81. The number of nitrogens with one attached hydrogen (secondary N) is 1. The number of carbonyl (C=O) groups is 1. The van der Waals surface area contributed by atoms with E-state index in [2.05, 4.69) is 36.5 Å². The average Bonchev–Trinajstić information content (AvgIpc) is 2.67. The lowest BCUT2D eigenvalue weighted by molar-refractivity contribution is -0.682. The summed E-state index contributed by atoms with van der Waals surface area (Å²) in [7, 11) is 0. The summed E-state index contributed by atoms with van der Waals surface area (Å²) in [5.74, 6) is -0.140. The Morgan fingerprint density at radius 2 is 1.89 bits per heavy atom. The first-order valence-electron chi connectivity index (χ1n) is 8.81. The Hall–Kier alpha value is -3.25. The van der Waals surface area contributed by atoms with Crippen LogP contribution in [-0.4, -0.2) is 17.4 Å². The number of fused-ring (bicyclic) bond motifs is 1. The zero-order valence-electron chi connectivity index (χ0n) is 15.3. The van der Waals surface area contributed by atoms with E-state index in [1.165, 1.54) is 28.5 Å². The molecule has 0 heterocycles. The third-order valence-corrected chi connectivity index (χ3v) is 4.67. The van der Waals surface area contributed by atoms with Crippen LogP contribution in [0.4, 0.5) is 11.4 Å². The number of carbonyl (C=O) groups excluding carboxylic acids is 1. The van der Waals surface area contributed by atoms with E-state index >= 15 is 0 Å². The number of aryl methyl sites for hydroxylation is 1. The lowest BCUT2D eigenvalue weighted by Crippen LogP contribution is -2.86. The number of anilines is 1. The molecule has 0 fully saturated rings. The molecule has 3 N–H and O–H groups in total. The summed E-state index contributed by atoms with van der Waals surface area (Å²) in [5.41, 5.74) is 2.46. The topological polar surface area (TPSA) is 88.9 Å². The van der Waals surface area contributed by atoms with Crippen molar-refractivity contribution in [2.75, 3.05) is 11.9 Å². The molecular weight excluding hydrogens is 342 g/mol. The quantitative estimate of drug-likeness (QED) is 0.519. The SMILES string of the molecule is Cc1cc([N+](=O)[O-])ccc1NC(=O)C[NH2+][C@@H](C)c1cccc2ccccc12. The van der Waals surface area contributed by atoms with Crippen LogP contribution in [0.15, 0.2) is 60.7 Å². The molecule has 0 aromatic heterocycles. The Labute approximate surface area is 157 Å². The van der Waals surface area contributed by atoms with Gasteiger partial charge >= 0.3 is 0 Å². The van der Waals surface area contributed by atoms with Crippen LogP contribution in [0.25, 0.3) is 10.8 Å². The molecule has 3 rings (SSSR count). The Morgan fingerprint density at radius 3 is 2.63 bits per heavy atom. The monoisotopic (exact) mass is 364 g/mol. The molecule has 1 atom stereocenters. The number of nitrogens with zero attached hydrogens (tertiary/aromatic N) is 1. The molecule has 1 amide bonds. The number of nitro benzene ring substituents is 1. The van der Waals surface area contributed by atoms with E-state index in [1.807, 2.05) is 23.5 Å². The standard InChI is InChI=1S/C21H21N3O3/c1-14-12-17(24(26)27)10-11-20(14)23-21(25)13-22-15(2)18-9-5-7-16-6-3-4-8-19(16)18/h3-12,15,22H,13H2,1-2H3,(H,23,25)/p+1/t15-/m0/s1. The highest BCUT2D eigenvalue weighted by molar-refractivity contribution is 5.92. The lowest BCUT2D eigenvalue weighted by Gasteiger charge is -2.14. The Balaban J connectivity index is 1.64. The van der Waals surface area contributed by atoms with Gasteiger partial charge in [0.1, 0.15) is 6.04 Å². The molecule has 0 aliphatic heterocycles. The maximum Gasteiger partial charge on any atom is 0.279 e. The molecular formula is C21H22N3O3+. The maximum atomic E-state index is 12.3. The molecule has 3 aromatic carbocycles. The van der Waals surface area contributed by atoms with Crippen molar-refractivity contribution >= 4 is 28.1 Å². The molecule has 0 bridgehead atoms. The summed E-state index contributed by atoms with van der Waals surface area (Å²) < 4.78 is 0. The highest BCUT2D eigenvalue weighted by Crippen LogP contribution is 2.22. The predicted octanol–water partition coefficient (Wildman–Crippen LogP) is 3.32. The van der Waals surface area contributed by atoms with Gasteiger partial charge in [-0.05, 0) is 36.2 Å². The van der Waals surface area contributed by atoms with E-state index in [9.17, 15) is 14.9 Å². The number of hydrogen-bond donors (Lipinski definition) is 2. The predicted molar refractivity (Wildman–Crippen MR) is 106 cm³/mol. The van der Waals surface area contributed by atoms with E-state index in [4.69, 9.17) is 0 Å². The molecule has 27 heavy (non-hydrogen) atoms. The summed E-state index contributed by atoms with van der Waals surface area (Å²) >= 11 is 0. The number of nitro groups is 1. The smallest absolute Gasteiger partial charge is 0.279 e. The number of non-ortho nitro benzene ring substituents is 1. The van der Waals surface area contributed by atoms with Gasteiger partial charge in [-0.3, -0.25) is 14.9 Å². The number of quaternary nitrogens is 1. The second kappa shape index (κ2) is 7.97. The van der Waals surface area contributed by atoms with Crippen molar-refractivity contribution < 1.29 is 15.0 Å². The van der Waals surface area contributed by atoms with Gasteiger partial charge in [-0.25, -0.2) is 0 Å². The normalized spacial score (nSPS) is 11.9. The fourth-order valence-electron chi connectivity index (χ4n) is 3.16. The second-order valence-electron chi connectivity index (χ2n) is 6.60. The van der Waals surface area contributed by atoms with E-state index in [-0.39, 0.29) is 24.2 Å². The molecule has 0 saturated carbocycles. The molecule has 0 saturated heterocycles. The Bertz CT molecular complexity index is 996. The molecule has 0 radical (unpaired) electrons. The highest BCUT2D eigenvalue weighted by atomic mass is 16.6. The van der Waals surface area contributed by atoms with Crippen molar-refractivity contribution in [3.8, 4) is 0 Å². The minimum absolute atomic E-state index is 0.0154. The number of benzene rings is 3. The summed E-state index contributed by atoms with van der Waals surface area (Å²) in [6, 6.07) is 18.9.